The SMILES string of the molecule is CCOc1cc(CNc2ccccc2C)cc(Cl)c1OCC. The zero-order valence-electron chi connectivity index (χ0n) is 13.3. The Balaban J connectivity index is 2.19. The molecule has 2 aromatic carbocycles. The van der Waals surface area contributed by atoms with E-state index < -0.39 is 0 Å². The largest absolute Gasteiger partial charge is 0.490 e. The second-order valence-electron chi connectivity index (χ2n) is 4.94. The van der Waals surface area contributed by atoms with E-state index >= 15 is 0 Å². The molecule has 0 atom stereocenters. The number of nitrogens with one attached hydrogen (secondary N) is 1. The van der Waals surface area contributed by atoms with Crippen molar-refractivity contribution in [3.05, 3.63) is 52.5 Å². The van der Waals surface area contributed by atoms with Crippen LogP contribution in [0.25, 0.3) is 0 Å². The van der Waals surface area contributed by atoms with Crippen molar-refractivity contribution in [2.24, 2.45) is 0 Å². The van der Waals surface area contributed by atoms with E-state index in [0.29, 0.717) is 36.3 Å². The van der Waals surface area contributed by atoms with Crippen LogP contribution in [0.2, 0.25) is 5.02 Å². The fourth-order valence-corrected chi connectivity index (χ4v) is 2.53. The average molecular weight is 320 g/mol. The van der Waals surface area contributed by atoms with Gasteiger partial charge in [0, 0.05) is 12.2 Å². The molecule has 0 aliphatic heterocycles. The quantitative estimate of drug-likeness (QED) is 0.774. The molecular weight excluding hydrogens is 298 g/mol. The first-order valence-electron chi connectivity index (χ1n) is 7.53. The van der Waals surface area contributed by atoms with E-state index in [2.05, 4.69) is 24.4 Å². The number of aryl methyl sites for hydroxylation is 1. The lowest BCUT2D eigenvalue weighted by Gasteiger charge is -2.15. The van der Waals surface area contributed by atoms with Crippen LogP contribution in [0.15, 0.2) is 36.4 Å². The van der Waals surface area contributed by atoms with Crippen LogP contribution < -0.4 is 14.8 Å². The maximum Gasteiger partial charge on any atom is 0.179 e. The molecule has 1 N–H and O–H groups in total. The maximum atomic E-state index is 6.33. The summed E-state index contributed by atoms with van der Waals surface area (Å²) in [6.45, 7) is 7.77. The van der Waals surface area contributed by atoms with Crippen molar-refractivity contribution in [1.29, 1.82) is 0 Å². The Morgan fingerprint density at radius 1 is 1.05 bits per heavy atom. The van der Waals surface area contributed by atoms with E-state index in [1.165, 1.54) is 5.56 Å². The molecule has 0 saturated carbocycles. The van der Waals surface area contributed by atoms with Crippen LogP contribution in [-0.2, 0) is 6.54 Å². The minimum absolute atomic E-state index is 0.556. The standard InChI is InChI=1S/C18H22ClNO2/c1-4-21-17-11-14(10-15(19)18(17)22-5-2)12-20-16-9-7-6-8-13(16)3/h6-11,20H,4-5,12H2,1-3H3. The van der Waals surface area contributed by atoms with Gasteiger partial charge in [-0.3, -0.25) is 0 Å². The van der Waals surface area contributed by atoms with E-state index in [1.807, 2.05) is 38.1 Å². The molecule has 0 spiro atoms. The molecule has 3 nitrogen and oxygen atoms in total. The molecule has 118 valence electrons. The van der Waals surface area contributed by atoms with Crippen molar-refractivity contribution in [3.8, 4) is 11.5 Å². The molecule has 0 unspecified atom stereocenters. The predicted octanol–water partition coefficient (Wildman–Crippen LogP) is 5.06. The summed E-state index contributed by atoms with van der Waals surface area (Å²) in [6.07, 6.45) is 0. The molecule has 22 heavy (non-hydrogen) atoms. The fraction of sp³-hybridized carbons (Fsp3) is 0.333. The molecule has 4 heteroatoms. The summed E-state index contributed by atoms with van der Waals surface area (Å²) in [5.41, 5.74) is 3.38. The minimum Gasteiger partial charge on any atom is -0.490 e. The zero-order valence-corrected chi connectivity index (χ0v) is 14.0. The second-order valence-corrected chi connectivity index (χ2v) is 5.35. The van der Waals surface area contributed by atoms with Gasteiger partial charge >= 0.3 is 0 Å². The Bertz CT molecular complexity index is 628. The Kier molecular flexibility index (Phi) is 5.96. The van der Waals surface area contributed by atoms with E-state index in [4.69, 9.17) is 21.1 Å². The lowest BCUT2D eigenvalue weighted by Crippen LogP contribution is -2.04. The van der Waals surface area contributed by atoms with Gasteiger partial charge in [0.05, 0.1) is 18.2 Å². The molecule has 0 aliphatic carbocycles. The van der Waals surface area contributed by atoms with Crippen LogP contribution in [0.4, 0.5) is 5.69 Å². The number of para-hydroxylation sites is 1. The monoisotopic (exact) mass is 319 g/mol. The van der Waals surface area contributed by atoms with Crippen LogP contribution in [-0.4, -0.2) is 13.2 Å². The van der Waals surface area contributed by atoms with Crippen molar-refractivity contribution in [2.45, 2.75) is 27.3 Å². The van der Waals surface area contributed by atoms with Crippen molar-refractivity contribution in [3.63, 3.8) is 0 Å². The van der Waals surface area contributed by atoms with Crippen molar-refractivity contribution < 1.29 is 9.47 Å². The third kappa shape index (κ3) is 4.08. The molecule has 0 saturated heterocycles. The highest BCUT2D eigenvalue weighted by molar-refractivity contribution is 6.32. The molecule has 0 aromatic heterocycles. The van der Waals surface area contributed by atoms with Crippen LogP contribution in [0.3, 0.4) is 0 Å². The van der Waals surface area contributed by atoms with Crippen LogP contribution in [0.1, 0.15) is 25.0 Å². The van der Waals surface area contributed by atoms with Crippen LogP contribution in [0.5, 0.6) is 11.5 Å². The molecule has 2 rings (SSSR count). The highest BCUT2D eigenvalue weighted by Gasteiger charge is 2.12. The Labute approximate surface area is 137 Å². The first-order chi connectivity index (χ1) is 10.7. The number of benzene rings is 2. The van der Waals surface area contributed by atoms with Gasteiger partial charge in [-0.25, -0.2) is 0 Å². The van der Waals surface area contributed by atoms with Gasteiger partial charge in [0.1, 0.15) is 0 Å². The second kappa shape index (κ2) is 7.95. The van der Waals surface area contributed by atoms with Crippen LogP contribution in [0, 0.1) is 6.92 Å². The highest BCUT2D eigenvalue weighted by atomic mass is 35.5. The summed E-state index contributed by atoms with van der Waals surface area (Å²) < 4.78 is 11.2. The molecule has 0 bridgehead atoms. The summed E-state index contributed by atoms with van der Waals surface area (Å²) in [5.74, 6) is 1.31. The van der Waals surface area contributed by atoms with E-state index in [1.54, 1.807) is 0 Å². The van der Waals surface area contributed by atoms with Crippen LogP contribution >= 0.6 is 11.6 Å². The van der Waals surface area contributed by atoms with Gasteiger partial charge in [0.25, 0.3) is 0 Å². The first kappa shape index (κ1) is 16.5. The summed E-state index contributed by atoms with van der Waals surface area (Å²) in [7, 11) is 0. The summed E-state index contributed by atoms with van der Waals surface area (Å²) >= 11 is 6.33. The summed E-state index contributed by atoms with van der Waals surface area (Å²) in [6, 6.07) is 12.1. The van der Waals surface area contributed by atoms with E-state index in [9.17, 15) is 0 Å². The van der Waals surface area contributed by atoms with Gasteiger partial charge in [0.2, 0.25) is 0 Å². The smallest absolute Gasteiger partial charge is 0.179 e. The maximum absolute atomic E-state index is 6.33. The van der Waals surface area contributed by atoms with Gasteiger partial charge < -0.3 is 14.8 Å². The van der Waals surface area contributed by atoms with Gasteiger partial charge in [-0.05, 0) is 50.1 Å². The van der Waals surface area contributed by atoms with E-state index in [-0.39, 0.29) is 0 Å². The van der Waals surface area contributed by atoms with Gasteiger partial charge in [-0.1, -0.05) is 29.8 Å². The third-order valence-electron chi connectivity index (χ3n) is 3.29. The molecule has 0 radical (unpaired) electrons. The van der Waals surface area contributed by atoms with Gasteiger partial charge in [-0.15, -0.1) is 0 Å². The van der Waals surface area contributed by atoms with Gasteiger partial charge in [-0.2, -0.15) is 0 Å². The third-order valence-corrected chi connectivity index (χ3v) is 3.57. The highest BCUT2D eigenvalue weighted by Crippen LogP contribution is 2.37. The fourth-order valence-electron chi connectivity index (χ4n) is 2.24. The summed E-state index contributed by atoms with van der Waals surface area (Å²) in [5, 5.41) is 4.00. The Hall–Kier alpha value is -1.87. The molecule has 0 fully saturated rings. The van der Waals surface area contributed by atoms with Crippen molar-refractivity contribution >= 4 is 17.3 Å². The summed E-state index contributed by atoms with van der Waals surface area (Å²) in [4.78, 5) is 0. The molecular formula is C18H22ClNO2. The van der Waals surface area contributed by atoms with Crippen molar-refractivity contribution in [1.82, 2.24) is 0 Å². The number of ether oxygens (including phenoxy) is 2. The number of anilines is 1. The number of hydrogen-bond acceptors (Lipinski definition) is 3. The molecule has 0 aliphatic rings. The normalized spacial score (nSPS) is 10.4. The number of hydrogen-bond donors (Lipinski definition) is 1. The molecule has 0 heterocycles. The Morgan fingerprint density at radius 3 is 2.45 bits per heavy atom. The topological polar surface area (TPSA) is 30.5 Å². The van der Waals surface area contributed by atoms with Crippen molar-refractivity contribution in [2.75, 3.05) is 18.5 Å². The lowest BCUT2D eigenvalue weighted by atomic mass is 10.1. The average Bonchev–Trinajstić information content (AvgIpc) is 2.50. The molecule has 0 amide bonds. The zero-order chi connectivity index (χ0) is 15.9. The predicted molar refractivity (Wildman–Crippen MR) is 92.3 cm³/mol. The number of rotatable bonds is 7. The molecule has 2 aromatic rings. The lowest BCUT2D eigenvalue weighted by molar-refractivity contribution is 0.287. The minimum atomic E-state index is 0.556. The first-order valence-corrected chi connectivity index (χ1v) is 7.91. The number of halogens is 1. The van der Waals surface area contributed by atoms with Gasteiger partial charge in [0.15, 0.2) is 11.5 Å². The van der Waals surface area contributed by atoms with E-state index in [0.717, 1.165) is 11.3 Å². The Morgan fingerprint density at radius 2 is 1.77 bits per heavy atom.